The monoisotopic (exact) mass is 276 g/mol. The van der Waals surface area contributed by atoms with E-state index in [-0.39, 0.29) is 12.0 Å². The largest absolute Gasteiger partial charge is 0.378 e. The van der Waals surface area contributed by atoms with Gasteiger partial charge in [0, 0.05) is 18.8 Å². The van der Waals surface area contributed by atoms with Gasteiger partial charge in [-0.05, 0) is 44.9 Å². The van der Waals surface area contributed by atoms with Gasteiger partial charge in [0.2, 0.25) is 5.91 Å². The van der Waals surface area contributed by atoms with Crippen molar-refractivity contribution in [3.05, 3.63) is 29.8 Å². The molecule has 1 atom stereocenters. The molecule has 0 aliphatic carbocycles. The molecule has 0 saturated carbocycles. The van der Waals surface area contributed by atoms with Crippen LogP contribution in [-0.2, 0) is 9.53 Å². The van der Waals surface area contributed by atoms with E-state index >= 15 is 0 Å². The quantitative estimate of drug-likeness (QED) is 0.867. The van der Waals surface area contributed by atoms with E-state index in [9.17, 15) is 4.79 Å². The summed E-state index contributed by atoms with van der Waals surface area (Å²) >= 11 is 0. The Labute approximate surface area is 120 Å². The van der Waals surface area contributed by atoms with Gasteiger partial charge in [-0.15, -0.1) is 0 Å². The maximum absolute atomic E-state index is 12.5. The summed E-state index contributed by atoms with van der Waals surface area (Å²) in [4.78, 5) is 14.3. The predicted octanol–water partition coefficient (Wildman–Crippen LogP) is 2.25. The Morgan fingerprint density at radius 1 is 1.40 bits per heavy atom. The Balaban J connectivity index is 2.05. The molecule has 0 spiro atoms. The van der Waals surface area contributed by atoms with E-state index in [1.807, 2.05) is 36.1 Å². The molecule has 1 aromatic rings. The molecule has 0 bridgehead atoms. The van der Waals surface area contributed by atoms with Gasteiger partial charge in [0.25, 0.3) is 0 Å². The zero-order valence-corrected chi connectivity index (χ0v) is 12.2. The topological polar surface area (TPSA) is 55.6 Å². The second kappa shape index (κ2) is 7.41. The van der Waals surface area contributed by atoms with E-state index in [0.717, 1.165) is 31.6 Å². The number of benzene rings is 1. The van der Waals surface area contributed by atoms with E-state index in [4.69, 9.17) is 10.5 Å². The third-order valence-corrected chi connectivity index (χ3v) is 3.66. The Morgan fingerprint density at radius 3 is 2.75 bits per heavy atom. The summed E-state index contributed by atoms with van der Waals surface area (Å²) < 4.78 is 5.56. The average Bonchev–Trinajstić information content (AvgIpc) is 2.94. The molecule has 1 aliphatic heterocycles. The van der Waals surface area contributed by atoms with E-state index < -0.39 is 0 Å². The van der Waals surface area contributed by atoms with Crippen LogP contribution in [0.1, 0.15) is 31.2 Å². The van der Waals surface area contributed by atoms with Crippen molar-refractivity contribution >= 4 is 11.6 Å². The number of hydrogen-bond donors (Lipinski definition) is 1. The fourth-order valence-electron chi connectivity index (χ4n) is 2.48. The molecule has 1 unspecified atom stereocenters. The van der Waals surface area contributed by atoms with E-state index in [2.05, 4.69) is 0 Å². The summed E-state index contributed by atoms with van der Waals surface area (Å²) in [6, 6.07) is 8.06. The van der Waals surface area contributed by atoms with Crippen molar-refractivity contribution in [2.24, 2.45) is 5.73 Å². The van der Waals surface area contributed by atoms with Gasteiger partial charge in [-0.2, -0.15) is 0 Å². The lowest BCUT2D eigenvalue weighted by Crippen LogP contribution is -2.35. The van der Waals surface area contributed by atoms with Crippen molar-refractivity contribution in [2.45, 2.75) is 38.7 Å². The van der Waals surface area contributed by atoms with Crippen LogP contribution in [-0.4, -0.2) is 31.7 Å². The molecule has 1 amide bonds. The Bertz CT molecular complexity index is 425. The summed E-state index contributed by atoms with van der Waals surface area (Å²) in [5.41, 5.74) is 7.72. The van der Waals surface area contributed by atoms with Crippen LogP contribution in [0.2, 0.25) is 0 Å². The molecule has 1 aromatic carbocycles. The molecular formula is C16H24N2O2. The number of ether oxygens (including phenoxy) is 1. The van der Waals surface area contributed by atoms with Crippen LogP contribution in [0.15, 0.2) is 24.3 Å². The Morgan fingerprint density at radius 2 is 2.15 bits per heavy atom. The third kappa shape index (κ3) is 4.05. The lowest BCUT2D eigenvalue weighted by atomic mass is 10.1. The summed E-state index contributed by atoms with van der Waals surface area (Å²) in [5.74, 6) is 0.134. The van der Waals surface area contributed by atoms with Crippen LogP contribution in [0.5, 0.6) is 0 Å². The number of anilines is 1. The third-order valence-electron chi connectivity index (χ3n) is 3.66. The highest BCUT2D eigenvalue weighted by molar-refractivity contribution is 5.93. The summed E-state index contributed by atoms with van der Waals surface area (Å²) in [7, 11) is 0. The van der Waals surface area contributed by atoms with E-state index in [1.165, 1.54) is 5.56 Å². The molecule has 2 N–H and O–H groups in total. The molecule has 4 nitrogen and oxygen atoms in total. The van der Waals surface area contributed by atoms with Crippen LogP contribution in [0.4, 0.5) is 5.69 Å². The molecule has 4 heteroatoms. The molecular weight excluding hydrogens is 252 g/mol. The Kier molecular flexibility index (Phi) is 5.56. The molecule has 1 fully saturated rings. The molecule has 0 radical (unpaired) electrons. The number of rotatable bonds is 6. The normalized spacial score (nSPS) is 18.2. The number of aryl methyl sites for hydroxylation is 1. The van der Waals surface area contributed by atoms with Gasteiger partial charge >= 0.3 is 0 Å². The fraction of sp³-hybridized carbons (Fsp3) is 0.562. The number of nitrogens with two attached hydrogens (primary N) is 1. The molecule has 110 valence electrons. The predicted molar refractivity (Wildman–Crippen MR) is 80.8 cm³/mol. The van der Waals surface area contributed by atoms with Crippen LogP contribution < -0.4 is 10.6 Å². The van der Waals surface area contributed by atoms with Crippen molar-refractivity contribution in [1.29, 1.82) is 0 Å². The molecule has 2 rings (SSSR count). The Hall–Kier alpha value is -1.39. The molecule has 20 heavy (non-hydrogen) atoms. The van der Waals surface area contributed by atoms with Gasteiger partial charge in [-0.3, -0.25) is 4.79 Å². The van der Waals surface area contributed by atoms with E-state index in [1.54, 1.807) is 0 Å². The number of hydrogen-bond acceptors (Lipinski definition) is 3. The molecule has 1 heterocycles. The van der Waals surface area contributed by atoms with Gasteiger partial charge < -0.3 is 15.4 Å². The number of nitrogens with zero attached hydrogens (tertiary/aromatic N) is 1. The first-order valence-electron chi connectivity index (χ1n) is 7.39. The first kappa shape index (κ1) is 15.0. The van der Waals surface area contributed by atoms with E-state index in [0.29, 0.717) is 19.5 Å². The van der Waals surface area contributed by atoms with Gasteiger partial charge in [0.15, 0.2) is 0 Å². The summed E-state index contributed by atoms with van der Waals surface area (Å²) in [5, 5.41) is 0. The van der Waals surface area contributed by atoms with Crippen molar-refractivity contribution in [3.63, 3.8) is 0 Å². The second-order valence-electron chi connectivity index (χ2n) is 5.36. The van der Waals surface area contributed by atoms with Gasteiger partial charge in [0.1, 0.15) is 0 Å². The molecule has 1 saturated heterocycles. The zero-order chi connectivity index (χ0) is 14.4. The number of carbonyl (C=O) groups is 1. The minimum atomic E-state index is 0.0910. The summed E-state index contributed by atoms with van der Waals surface area (Å²) in [6.45, 7) is 4.09. The van der Waals surface area contributed by atoms with Crippen molar-refractivity contribution in [2.75, 3.05) is 24.6 Å². The van der Waals surface area contributed by atoms with Gasteiger partial charge in [-0.25, -0.2) is 0 Å². The van der Waals surface area contributed by atoms with Crippen LogP contribution >= 0.6 is 0 Å². The minimum Gasteiger partial charge on any atom is -0.378 e. The maximum atomic E-state index is 12.5. The highest BCUT2D eigenvalue weighted by atomic mass is 16.5. The maximum Gasteiger partial charge on any atom is 0.229 e. The number of amides is 1. The van der Waals surface area contributed by atoms with Crippen molar-refractivity contribution in [3.8, 4) is 0 Å². The first-order valence-corrected chi connectivity index (χ1v) is 7.39. The highest BCUT2D eigenvalue weighted by Gasteiger charge is 2.23. The van der Waals surface area contributed by atoms with Gasteiger partial charge in [-0.1, -0.05) is 17.7 Å². The lowest BCUT2D eigenvalue weighted by Gasteiger charge is -2.24. The van der Waals surface area contributed by atoms with Crippen molar-refractivity contribution < 1.29 is 9.53 Å². The van der Waals surface area contributed by atoms with Gasteiger partial charge in [0.05, 0.1) is 12.5 Å². The zero-order valence-electron chi connectivity index (χ0n) is 12.2. The number of carbonyl (C=O) groups excluding carboxylic acids is 1. The first-order chi connectivity index (χ1) is 9.70. The lowest BCUT2D eigenvalue weighted by molar-refractivity contribution is -0.120. The average molecular weight is 276 g/mol. The smallest absolute Gasteiger partial charge is 0.229 e. The van der Waals surface area contributed by atoms with Crippen LogP contribution in [0, 0.1) is 6.92 Å². The second-order valence-corrected chi connectivity index (χ2v) is 5.36. The summed E-state index contributed by atoms with van der Waals surface area (Å²) in [6.07, 6.45) is 3.42. The fourth-order valence-corrected chi connectivity index (χ4v) is 2.48. The SMILES string of the molecule is Cc1ccc(N(CCCN)C(=O)CC2CCCO2)cc1. The molecule has 0 aromatic heterocycles. The highest BCUT2D eigenvalue weighted by Crippen LogP contribution is 2.21. The molecule has 1 aliphatic rings. The standard InChI is InChI=1S/C16H24N2O2/c1-13-5-7-14(8-6-13)18(10-3-9-17)16(19)12-15-4-2-11-20-15/h5-8,15H,2-4,9-12,17H2,1H3. The van der Waals surface area contributed by atoms with Crippen molar-refractivity contribution in [1.82, 2.24) is 0 Å². The van der Waals surface area contributed by atoms with Crippen LogP contribution in [0.3, 0.4) is 0 Å². The van der Waals surface area contributed by atoms with Crippen LogP contribution in [0.25, 0.3) is 0 Å². The minimum absolute atomic E-state index is 0.0910.